The molecule has 7 nitrogen and oxygen atoms in total. The fraction of sp³-hybridized carbons (Fsp3) is 0.450. The number of carbonyl (C=O) groups excluding carboxylic acids is 2. The first-order chi connectivity index (χ1) is 13.4. The lowest BCUT2D eigenvalue weighted by Crippen LogP contribution is -2.60. The Labute approximate surface area is 163 Å². The third-order valence-corrected chi connectivity index (χ3v) is 5.05. The van der Waals surface area contributed by atoms with Crippen LogP contribution < -0.4 is 11.1 Å². The Balaban J connectivity index is 1.32. The van der Waals surface area contributed by atoms with E-state index in [0.717, 1.165) is 38.9 Å². The number of nitrogens with two attached hydrogens (primary N) is 1. The van der Waals surface area contributed by atoms with Gasteiger partial charge >= 0.3 is 0 Å². The lowest BCUT2D eigenvalue weighted by molar-refractivity contribution is -0.136. The molecule has 2 aromatic rings. The van der Waals surface area contributed by atoms with Gasteiger partial charge in [0.15, 0.2) is 11.5 Å². The average Bonchev–Trinajstić information content (AvgIpc) is 3.13. The zero-order chi connectivity index (χ0) is 20.1. The summed E-state index contributed by atoms with van der Waals surface area (Å²) >= 11 is 0. The molecule has 28 heavy (non-hydrogen) atoms. The van der Waals surface area contributed by atoms with E-state index in [2.05, 4.69) is 15.4 Å². The van der Waals surface area contributed by atoms with E-state index in [1.165, 1.54) is 12.1 Å². The van der Waals surface area contributed by atoms with Crippen LogP contribution in [-0.4, -0.2) is 48.0 Å². The quantitative estimate of drug-likeness (QED) is 0.641. The van der Waals surface area contributed by atoms with E-state index in [1.807, 2.05) is 6.92 Å². The average molecular weight is 388 g/mol. The van der Waals surface area contributed by atoms with Crippen LogP contribution in [0.1, 0.15) is 36.7 Å². The third kappa shape index (κ3) is 4.75. The van der Waals surface area contributed by atoms with Gasteiger partial charge < -0.3 is 20.5 Å². The first-order valence-corrected chi connectivity index (χ1v) is 9.40. The maximum atomic E-state index is 13.0. The van der Waals surface area contributed by atoms with Crippen molar-refractivity contribution in [3.8, 4) is 11.3 Å². The Bertz CT molecular complexity index is 828. The van der Waals surface area contributed by atoms with Gasteiger partial charge in [0.25, 0.3) is 5.91 Å². The molecule has 1 saturated heterocycles. The SMILES string of the molecule is CC1(C(N)=O)CN(CCCCCNC(=O)c2cc(-c3ccc(F)cc3)on2)C1. The molecule has 2 amide bonds. The van der Waals surface area contributed by atoms with Gasteiger partial charge in [-0.25, -0.2) is 4.39 Å². The van der Waals surface area contributed by atoms with E-state index in [1.54, 1.807) is 18.2 Å². The van der Waals surface area contributed by atoms with Crippen LogP contribution in [0.4, 0.5) is 4.39 Å². The number of hydrogen-bond donors (Lipinski definition) is 2. The second-order valence-electron chi connectivity index (χ2n) is 7.54. The Kier molecular flexibility index (Phi) is 6.08. The molecule has 3 N–H and O–H groups in total. The summed E-state index contributed by atoms with van der Waals surface area (Å²) in [5.41, 5.74) is 5.85. The molecule has 2 heterocycles. The summed E-state index contributed by atoms with van der Waals surface area (Å²) in [6.07, 6.45) is 2.84. The Morgan fingerprint density at radius 1 is 1.25 bits per heavy atom. The van der Waals surface area contributed by atoms with Crippen molar-refractivity contribution in [1.29, 1.82) is 0 Å². The van der Waals surface area contributed by atoms with Crippen LogP contribution in [0.15, 0.2) is 34.9 Å². The summed E-state index contributed by atoms with van der Waals surface area (Å²) in [6, 6.07) is 7.34. The van der Waals surface area contributed by atoms with Crippen molar-refractivity contribution < 1.29 is 18.5 Å². The number of amides is 2. The van der Waals surface area contributed by atoms with Crippen molar-refractivity contribution in [2.24, 2.45) is 11.1 Å². The summed E-state index contributed by atoms with van der Waals surface area (Å²) in [4.78, 5) is 25.6. The maximum Gasteiger partial charge on any atom is 0.273 e. The number of aromatic nitrogens is 1. The molecule has 0 saturated carbocycles. The maximum absolute atomic E-state index is 13.0. The normalized spacial score (nSPS) is 15.8. The zero-order valence-corrected chi connectivity index (χ0v) is 15.9. The zero-order valence-electron chi connectivity index (χ0n) is 15.9. The predicted molar refractivity (Wildman–Crippen MR) is 102 cm³/mol. The fourth-order valence-electron chi connectivity index (χ4n) is 3.32. The van der Waals surface area contributed by atoms with Gasteiger partial charge in [0.05, 0.1) is 5.41 Å². The van der Waals surface area contributed by atoms with Gasteiger partial charge in [0, 0.05) is 31.3 Å². The molecule has 0 bridgehead atoms. The van der Waals surface area contributed by atoms with Gasteiger partial charge in [-0.1, -0.05) is 11.6 Å². The van der Waals surface area contributed by atoms with E-state index in [4.69, 9.17) is 10.3 Å². The number of hydrogen-bond acceptors (Lipinski definition) is 5. The van der Waals surface area contributed by atoms with Gasteiger partial charge in [-0.15, -0.1) is 0 Å². The minimum absolute atomic E-state index is 0.200. The van der Waals surface area contributed by atoms with Crippen LogP contribution in [0, 0.1) is 11.2 Å². The molecule has 0 radical (unpaired) electrons. The number of likely N-dealkylation sites (tertiary alicyclic amines) is 1. The topological polar surface area (TPSA) is 101 Å². The number of primary amides is 1. The first kappa shape index (κ1) is 20.0. The molecule has 3 rings (SSSR count). The van der Waals surface area contributed by atoms with Gasteiger partial charge in [-0.3, -0.25) is 9.59 Å². The summed E-state index contributed by atoms with van der Waals surface area (Å²) in [6.45, 7) is 4.83. The summed E-state index contributed by atoms with van der Waals surface area (Å²) in [5, 5.41) is 6.60. The molecule has 1 fully saturated rings. The largest absolute Gasteiger partial charge is 0.369 e. The summed E-state index contributed by atoms with van der Waals surface area (Å²) < 4.78 is 18.1. The highest BCUT2D eigenvalue weighted by atomic mass is 19.1. The molecule has 0 spiro atoms. The van der Waals surface area contributed by atoms with Crippen LogP contribution in [0.25, 0.3) is 11.3 Å². The smallest absolute Gasteiger partial charge is 0.273 e. The molecule has 1 aliphatic heterocycles. The molecule has 1 aliphatic rings. The van der Waals surface area contributed by atoms with Gasteiger partial charge in [0.2, 0.25) is 5.91 Å². The highest BCUT2D eigenvalue weighted by Crippen LogP contribution is 2.29. The summed E-state index contributed by atoms with van der Waals surface area (Å²) in [7, 11) is 0. The number of halogens is 1. The van der Waals surface area contributed by atoms with E-state index >= 15 is 0 Å². The monoisotopic (exact) mass is 388 g/mol. The molecule has 8 heteroatoms. The van der Waals surface area contributed by atoms with Crippen LogP contribution >= 0.6 is 0 Å². The fourth-order valence-corrected chi connectivity index (χ4v) is 3.32. The Morgan fingerprint density at radius 3 is 2.64 bits per heavy atom. The van der Waals surface area contributed by atoms with Crippen LogP contribution in [0.3, 0.4) is 0 Å². The van der Waals surface area contributed by atoms with Crippen molar-refractivity contribution in [1.82, 2.24) is 15.4 Å². The van der Waals surface area contributed by atoms with Gasteiger partial charge in [0.1, 0.15) is 5.82 Å². The molecule has 0 unspecified atom stereocenters. The van der Waals surface area contributed by atoms with Crippen molar-refractivity contribution in [3.63, 3.8) is 0 Å². The Morgan fingerprint density at radius 2 is 1.96 bits per heavy atom. The van der Waals surface area contributed by atoms with E-state index in [0.29, 0.717) is 17.9 Å². The van der Waals surface area contributed by atoms with Gasteiger partial charge in [-0.2, -0.15) is 0 Å². The molecule has 1 aromatic heterocycles. The number of rotatable bonds is 9. The first-order valence-electron chi connectivity index (χ1n) is 9.40. The second-order valence-corrected chi connectivity index (χ2v) is 7.54. The van der Waals surface area contributed by atoms with Crippen molar-refractivity contribution in [2.45, 2.75) is 26.2 Å². The van der Waals surface area contributed by atoms with Crippen LogP contribution in [0.5, 0.6) is 0 Å². The number of carbonyl (C=O) groups is 2. The molecule has 0 atom stereocenters. The lowest BCUT2D eigenvalue weighted by atomic mass is 9.81. The van der Waals surface area contributed by atoms with E-state index in [9.17, 15) is 14.0 Å². The molecule has 150 valence electrons. The minimum atomic E-state index is -0.377. The van der Waals surface area contributed by atoms with Crippen molar-refractivity contribution in [3.05, 3.63) is 41.8 Å². The Hall–Kier alpha value is -2.74. The summed E-state index contributed by atoms with van der Waals surface area (Å²) in [5.74, 6) is -0.445. The van der Waals surface area contributed by atoms with Crippen LogP contribution in [-0.2, 0) is 4.79 Å². The highest BCUT2D eigenvalue weighted by Gasteiger charge is 2.43. The number of nitrogens with one attached hydrogen (secondary N) is 1. The second kappa shape index (κ2) is 8.52. The van der Waals surface area contributed by atoms with Crippen LogP contribution in [0.2, 0.25) is 0 Å². The van der Waals surface area contributed by atoms with E-state index in [-0.39, 0.29) is 28.7 Å². The molecule has 1 aromatic carbocycles. The molecule has 0 aliphatic carbocycles. The third-order valence-electron chi connectivity index (χ3n) is 5.05. The number of unbranched alkanes of at least 4 members (excludes halogenated alkanes) is 2. The van der Waals surface area contributed by atoms with E-state index < -0.39 is 0 Å². The molecular formula is C20H25FN4O3. The van der Waals surface area contributed by atoms with Crippen molar-refractivity contribution in [2.75, 3.05) is 26.2 Å². The predicted octanol–water partition coefficient (Wildman–Crippen LogP) is 2.19. The molecular weight excluding hydrogens is 363 g/mol. The number of nitrogens with zero attached hydrogens (tertiary/aromatic N) is 2. The highest BCUT2D eigenvalue weighted by molar-refractivity contribution is 5.93. The number of benzene rings is 1. The van der Waals surface area contributed by atoms with Crippen molar-refractivity contribution >= 4 is 11.8 Å². The minimum Gasteiger partial charge on any atom is -0.369 e. The van der Waals surface area contributed by atoms with Gasteiger partial charge in [-0.05, 0) is 50.6 Å². The lowest BCUT2D eigenvalue weighted by Gasteiger charge is -2.45. The standard InChI is InChI=1S/C20H25FN4O3/c1-20(19(22)27)12-25(13-20)10-4-2-3-9-23-18(26)16-11-17(28-24-16)14-5-7-15(21)8-6-14/h5-8,11H,2-4,9-10,12-13H2,1H3,(H2,22,27)(H,23,26).